The van der Waals surface area contributed by atoms with Crippen molar-refractivity contribution in [1.82, 2.24) is 5.32 Å². The quantitative estimate of drug-likeness (QED) is 0.794. The number of hydrogen-bond donors (Lipinski definition) is 1. The molecule has 2 nitrogen and oxygen atoms in total. The van der Waals surface area contributed by atoms with E-state index in [0.717, 1.165) is 12.3 Å². The van der Waals surface area contributed by atoms with E-state index < -0.39 is 0 Å². The van der Waals surface area contributed by atoms with Crippen molar-refractivity contribution in [3.8, 4) is 5.75 Å². The van der Waals surface area contributed by atoms with Gasteiger partial charge < -0.3 is 10.1 Å². The lowest BCUT2D eigenvalue weighted by molar-refractivity contribution is 0.307. The summed E-state index contributed by atoms with van der Waals surface area (Å²) in [5.41, 5.74) is 2.62. The highest BCUT2D eigenvalue weighted by molar-refractivity contribution is 5.24. The summed E-state index contributed by atoms with van der Waals surface area (Å²) in [4.78, 5) is 0. The fourth-order valence-electron chi connectivity index (χ4n) is 2.02. The van der Waals surface area contributed by atoms with E-state index in [-0.39, 0.29) is 0 Å². The Bertz CT molecular complexity index is 496. The normalized spacial score (nSPS) is 12.1. The van der Waals surface area contributed by atoms with Gasteiger partial charge in [-0.05, 0) is 31.5 Å². The molecule has 2 aromatic carbocycles. The van der Waals surface area contributed by atoms with Gasteiger partial charge in [0.1, 0.15) is 12.4 Å². The minimum absolute atomic E-state index is 0.347. The second-order valence-corrected chi connectivity index (χ2v) is 4.75. The minimum atomic E-state index is 0.347. The minimum Gasteiger partial charge on any atom is -0.492 e. The van der Waals surface area contributed by atoms with Crippen LogP contribution in [0.4, 0.5) is 0 Å². The molecule has 2 rings (SSSR count). The molecular formula is C17H21NO. The molecule has 19 heavy (non-hydrogen) atoms. The van der Waals surface area contributed by atoms with Crippen LogP contribution in [0.3, 0.4) is 0 Å². The lowest BCUT2D eigenvalue weighted by Crippen LogP contribution is -2.24. The molecule has 100 valence electrons. The van der Waals surface area contributed by atoms with E-state index in [4.69, 9.17) is 4.74 Å². The molecule has 1 atom stereocenters. The van der Waals surface area contributed by atoms with Gasteiger partial charge in [0, 0.05) is 12.6 Å². The predicted molar refractivity (Wildman–Crippen MR) is 79.5 cm³/mol. The van der Waals surface area contributed by atoms with E-state index in [9.17, 15) is 0 Å². The largest absolute Gasteiger partial charge is 0.492 e. The first-order chi connectivity index (χ1) is 9.25. The van der Waals surface area contributed by atoms with Gasteiger partial charge in [0.25, 0.3) is 0 Å². The molecule has 0 radical (unpaired) electrons. The van der Waals surface area contributed by atoms with Crippen LogP contribution >= 0.6 is 0 Å². The van der Waals surface area contributed by atoms with E-state index in [1.165, 1.54) is 11.1 Å². The van der Waals surface area contributed by atoms with E-state index >= 15 is 0 Å². The number of rotatable bonds is 6. The molecular weight excluding hydrogens is 234 g/mol. The van der Waals surface area contributed by atoms with Gasteiger partial charge in [0.2, 0.25) is 0 Å². The van der Waals surface area contributed by atoms with Crippen molar-refractivity contribution in [2.45, 2.75) is 19.9 Å². The molecule has 0 aliphatic rings. The molecule has 2 aromatic rings. The monoisotopic (exact) mass is 255 g/mol. The zero-order valence-electron chi connectivity index (χ0n) is 11.6. The molecule has 1 N–H and O–H groups in total. The van der Waals surface area contributed by atoms with Gasteiger partial charge in [-0.15, -0.1) is 0 Å². The van der Waals surface area contributed by atoms with Crippen LogP contribution in [0.15, 0.2) is 54.6 Å². The van der Waals surface area contributed by atoms with Crippen LogP contribution < -0.4 is 10.1 Å². The predicted octanol–water partition coefficient (Wildman–Crippen LogP) is 3.72. The van der Waals surface area contributed by atoms with Gasteiger partial charge in [0.05, 0.1) is 0 Å². The molecule has 0 amide bonds. The fourth-order valence-corrected chi connectivity index (χ4v) is 2.02. The second kappa shape index (κ2) is 6.95. The first-order valence-corrected chi connectivity index (χ1v) is 6.73. The molecule has 0 heterocycles. The lowest BCUT2D eigenvalue weighted by Gasteiger charge is -2.15. The van der Waals surface area contributed by atoms with E-state index in [0.29, 0.717) is 12.6 Å². The van der Waals surface area contributed by atoms with Crippen LogP contribution in [0.2, 0.25) is 0 Å². The summed E-state index contributed by atoms with van der Waals surface area (Å²) in [5.74, 6) is 0.924. The number of aryl methyl sites for hydroxylation is 1. The molecule has 0 aliphatic carbocycles. The van der Waals surface area contributed by atoms with Gasteiger partial charge in [-0.1, -0.05) is 48.0 Å². The summed E-state index contributed by atoms with van der Waals surface area (Å²) in [7, 11) is 0. The molecule has 0 saturated carbocycles. The number of benzene rings is 2. The zero-order valence-corrected chi connectivity index (χ0v) is 11.6. The molecule has 0 fully saturated rings. The fraction of sp³-hybridized carbons (Fsp3) is 0.294. The van der Waals surface area contributed by atoms with Crippen molar-refractivity contribution < 1.29 is 4.74 Å². The molecule has 2 heteroatoms. The molecule has 1 unspecified atom stereocenters. The lowest BCUT2D eigenvalue weighted by atomic mass is 10.1. The molecule has 0 saturated heterocycles. The summed E-state index contributed by atoms with van der Waals surface area (Å²) in [5, 5.41) is 3.47. The Morgan fingerprint density at radius 2 is 1.84 bits per heavy atom. The van der Waals surface area contributed by atoms with Crippen molar-refractivity contribution >= 4 is 0 Å². The molecule has 0 bridgehead atoms. The van der Waals surface area contributed by atoms with Crippen LogP contribution in [-0.4, -0.2) is 13.2 Å². The topological polar surface area (TPSA) is 21.3 Å². The zero-order chi connectivity index (χ0) is 13.5. The third kappa shape index (κ3) is 4.42. The Balaban J connectivity index is 1.74. The summed E-state index contributed by atoms with van der Waals surface area (Å²) >= 11 is 0. The maximum absolute atomic E-state index is 5.65. The highest BCUT2D eigenvalue weighted by atomic mass is 16.5. The van der Waals surface area contributed by atoms with Gasteiger partial charge in [-0.25, -0.2) is 0 Å². The van der Waals surface area contributed by atoms with Crippen molar-refractivity contribution in [1.29, 1.82) is 0 Å². The Labute approximate surface area is 115 Å². The Kier molecular flexibility index (Phi) is 4.99. The van der Waals surface area contributed by atoms with Crippen LogP contribution in [-0.2, 0) is 0 Å². The second-order valence-electron chi connectivity index (χ2n) is 4.75. The third-order valence-corrected chi connectivity index (χ3v) is 3.11. The summed E-state index contributed by atoms with van der Waals surface area (Å²) < 4.78 is 5.65. The first-order valence-electron chi connectivity index (χ1n) is 6.73. The number of para-hydroxylation sites is 1. The summed E-state index contributed by atoms with van der Waals surface area (Å²) in [6.45, 7) is 5.82. The van der Waals surface area contributed by atoms with E-state index in [1.807, 2.05) is 30.3 Å². The van der Waals surface area contributed by atoms with Gasteiger partial charge >= 0.3 is 0 Å². The molecule has 0 aromatic heterocycles. The SMILES string of the molecule is Cc1cccc(C(C)NCCOc2ccccc2)c1. The molecule has 0 aliphatic heterocycles. The smallest absolute Gasteiger partial charge is 0.119 e. The maximum atomic E-state index is 5.65. The summed E-state index contributed by atoms with van der Waals surface area (Å²) in [6.07, 6.45) is 0. The van der Waals surface area contributed by atoms with Crippen molar-refractivity contribution in [2.75, 3.05) is 13.2 Å². The Morgan fingerprint density at radius 1 is 1.05 bits per heavy atom. The van der Waals surface area contributed by atoms with Crippen molar-refractivity contribution in [3.05, 3.63) is 65.7 Å². The Hall–Kier alpha value is -1.80. The average Bonchev–Trinajstić information content (AvgIpc) is 2.44. The first kappa shape index (κ1) is 13.6. The third-order valence-electron chi connectivity index (χ3n) is 3.11. The van der Waals surface area contributed by atoms with Gasteiger partial charge in [-0.2, -0.15) is 0 Å². The number of ether oxygens (including phenoxy) is 1. The average molecular weight is 255 g/mol. The number of hydrogen-bond acceptors (Lipinski definition) is 2. The highest BCUT2D eigenvalue weighted by Gasteiger charge is 2.04. The van der Waals surface area contributed by atoms with Gasteiger partial charge in [0.15, 0.2) is 0 Å². The van der Waals surface area contributed by atoms with Crippen LogP contribution in [0.5, 0.6) is 5.75 Å². The van der Waals surface area contributed by atoms with Crippen LogP contribution in [0, 0.1) is 6.92 Å². The Morgan fingerprint density at radius 3 is 2.58 bits per heavy atom. The summed E-state index contributed by atoms with van der Waals surface area (Å²) in [6, 6.07) is 18.9. The van der Waals surface area contributed by atoms with E-state index in [2.05, 4.69) is 43.4 Å². The van der Waals surface area contributed by atoms with Crippen LogP contribution in [0.1, 0.15) is 24.1 Å². The standard InChI is InChI=1S/C17H21NO/c1-14-7-6-8-16(13-14)15(2)18-11-12-19-17-9-4-3-5-10-17/h3-10,13,15,18H,11-12H2,1-2H3. The van der Waals surface area contributed by atoms with E-state index in [1.54, 1.807) is 0 Å². The van der Waals surface area contributed by atoms with Crippen molar-refractivity contribution in [3.63, 3.8) is 0 Å². The molecule has 0 spiro atoms. The van der Waals surface area contributed by atoms with Crippen molar-refractivity contribution in [2.24, 2.45) is 0 Å². The number of nitrogens with one attached hydrogen (secondary N) is 1. The van der Waals surface area contributed by atoms with Crippen LogP contribution in [0.25, 0.3) is 0 Å². The van der Waals surface area contributed by atoms with Gasteiger partial charge in [-0.3, -0.25) is 0 Å². The maximum Gasteiger partial charge on any atom is 0.119 e. The highest BCUT2D eigenvalue weighted by Crippen LogP contribution is 2.13.